The number of ether oxygens (including phenoxy) is 1. The number of nitrogens with one attached hydrogen (secondary N) is 1. The third-order valence-corrected chi connectivity index (χ3v) is 4.97. The van der Waals surface area contributed by atoms with Gasteiger partial charge in [-0.1, -0.05) is 52.2 Å². The molecule has 7 heteroatoms. The van der Waals surface area contributed by atoms with Crippen LogP contribution in [0.5, 0.6) is 0 Å². The standard InChI is InChI=1S/C22H30N2O5/c1-5-6-7-10-15(4)23-18(25)13-29-22(28)19(14(2)3)24-20(26)16-11-8-9-12-17(16)21(24)27/h8-9,11-12,14-15,19H,5-7,10,13H2,1-4H3,(H,23,25)/t15-,19-/m1/s1. The van der Waals surface area contributed by atoms with Gasteiger partial charge >= 0.3 is 5.97 Å². The Morgan fingerprint density at radius 1 is 1.03 bits per heavy atom. The van der Waals surface area contributed by atoms with Crippen LogP contribution in [-0.4, -0.2) is 47.3 Å². The summed E-state index contributed by atoms with van der Waals surface area (Å²) in [6.07, 6.45) is 4.09. The molecule has 0 aliphatic carbocycles. The lowest BCUT2D eigenvalue weighted by Crippen LogP contribution is -2.49. The first-order valence-corrected chi connectivity index (χ1v) is 10.2. The molecule has 2 rings (SSSR count). The molecule has 0 saturated carbocycles. The van der Waals surface area contributed by atoms with Crippen LogP contribution in [-0.2, 0) is 14.3 Å². The van der Waals surface area contributed by atoms with E-state index in [-0.39, 0.29) is 23.1 Å². The summed E-state index contributed by atoms with van der Waals surface area (Å²) in [6.45, 7) is 7.04. The second-order valence-corrected chi connectivity index (χ2v) is 7.79. The van der Waals surface area contributed by atoms with Gasteiger partial charge in [0.15, 0.2) is 6.61 Å². The van der Waals surface area contributed by atoms with Gasteiger partial charge in [0, 0.05) is 6.04 Å². The highest BCUT2D eigenvalue weighted by Crippen LogP contribution is 2.27. The zero-order chi connectivity index (χ0) is 21.6. The minimum atomic E-state index is -1.09. The molecule has 7 nitrogen and oxygen atoms in total. The predicted molar refractivity (Wildman–Crippen MR) is 108 cm³/mol. The van der Waals surface area contributed by atoms with Gasteiger partial charge in [0.25, 0.3) is 17.7 Å². The minimum absolute atomic E-state index is 0.00937. The summed E-state index contributed by atoms with van der Waals surface area (Å²) < 4.78 is 5.16. The molecule has 1 aromatic rings. The van der Waals surface area contributed by atoms with Crippen molar-refractivity contribution in [2.75, 3.05) is 6.61 Å². The summed E-state index contributed by atoms with van der Waals surface area (Å²) in [7, 11) is 0. The number of carbonyl (C=O) groups excluding carboxylic acids is 4. The number of hydrogen-bond donors (Lipinski definition) is 1. The van der Waals surface area contributed by atoms with Crippen LogP contribution in [0.4, 0.5) is 0 Å². The molecule has 1 N–H and O–H groups in total. The highest BCUT2D eigenvalue weighted by atomic mass is 16.5. The van der Waals surface area contributed by atoms with Crippen molar-refractivity contribution in [2.24, 2.45) is 5.92 Å². The van der Waals surface area contributed by atoms with Crippen molar-refractivity contribution in [3.05, 3.63) is 35.4 Å². The van der Waals surface area contributed by atoms with E-state index < -0.39 is 36.3 Å². The average molecular weight is 402 g/mol. The Morgan fingerprint density at radius 2 is 1.62 bits per heavy atom. The van der Waals surface area contributed by atoms with E-state index in [2.05, 4.69) is 12.2 Å². The van der Waals surface area contributed by atoms with Crippen LogP contribution in [0, 0.1) is 5.92 Å². The highest BCUT2D eigenvalue weighted by Gasteiger charge is 2.44. The quantitative estimate of drug-likeness (QED) is 0.369. The molecule has 0 unspecified atom stereocenters. The Labute approximate surface area is 171 Å². The molecule has 0 saturated heterocycles. The van der Waals surface area contributed by atoms with Crippen molar-refractivity contribution in [3.8, 4) is 0 Å². The number of unbranched alkanes of at least 4 members (excludes halogenated alkanes) is 2. The number of esters is 1. The van der Waals surface area contributed by atoms with Crippen LogP contribution in [0.15, 0.2) is 24.3 Å². The van der Waals surface area contributed by atoms with Crippen LogP contribution in [0.25, 0.3) is 0 Å². The molecule has 1 aromatic carbocycles. The summed E-state index contributed by atoms with van der Waals surface area (Å²) >= 11 is 0. The van der Waals surface area contributed by atoms with Crippen LogP contribution in [0.3, 0.4) is 0 Å². The number of fused-ring (bicyclic) bond motifs is 1. The van der Waals surface area contributed by atoms with Gasteiger partial charge in [-0.25, -0.2) is 4.79 Å². The van der Waals surface area contributed by atoms with Gasteiger partial charge in [-0.15, -0.1) is 0 Å². The molecule has 0 radical (unpaired) electrons. The minimum Gasteiger partial charge on any atom is -0.454 e. The Balaban J connectivity index is 1.98. The number of hydrogen-bond acceptors (Lipinski definition) is 5. The summed E-state index contributed by atoms with van der Waals surface area (Å²) in [4.78, 5) is 51.1. The Morgan fingerprint density at radius 3 is 2.14 bits per heavy atom. The van der Waals surface area contributed by atoms with E-state index in [1.807, 2.05) is 6.92 Å². The highest BCUT2D eigenvalue weighted by molar-refractivity contribution is 6.22. The zero-order valence-electron chi connectivity index (χ0n) is 17.6. The monoisotopic (exact) mass is 402 g/mol. The topological polar surface area (TPSA) is 92.8 Å². The maximum atomic E-state index is 12.7. The Kier molecular flexibility index (Phi) is 7.93. The third-order valence-electron chi connectivity index (χ3n) is 4.97. The smallest absolute Gasteiger partial charge is 0.330 e. The lowest BCUT2D eigenvalue weighted by atomic mass is 10.0. The van der Waals surface area contributed by atoms with Crippen LogP contribution in [0.1, 0.15) is 74.1 Å². The molecule has 1 heterocycles. The van der Waals surface area contributed by atoms with E-state index in [9.17, 15) is 19.2 Å². The van der Waals surface area contributed by atoms with Gasteiger partial charge in [-0.3, -0.25) is 19.3 Å². The number of benzene rings is 1. The first-order valence-electron chi connectivity index (χ1n) is 10.2. The second-order valence-electron chi connectivity index (χ2n) is 7.79. The zero-order valence-corrected chi connectivity index (χ0v) is 17.6. The van der Waals surface area contributed by atoms with Gasteiger partial charge in [0.1, 0.15) is 6.04 Å². The molecule has 0 spiro atoms. The molecule has 0 aromatic heterocycles. The maximum Gasteiger partial charge on any atom is 0.330 e. The van der Waals surface area contributed by atoms with Crippen molar-refractivity contribution >= 4 is 23.7 Å². The molecule has 0 bridgehead atoms. The van der Waals surface area contributed by atoms with Gasteiger partial charge in [-0.05, 0) is 31.4 Å². The summed E-state index contributed by atoms with van der Waals surface area (Å²) in [6, 6.07) is 5.36. The Bertz CT molecular complexity index is 739. The molecule has 0 fully saturated rings. The Hall–Kier alpha value is -2.70. The molecule has 3 amide bonds. The van der Waals surface area contributed by atoms with E-state index >= 15 is 0 Å². The van der Waals surface area contributed by atoms with E-state index in [1.165, 1.54) is 0 Å². The lowest BCUT2D eigenvalue weighted by Gasteiger charge is -2.27. The normalized spacial score (nSPS) is 15.3. The lowest BCUT2D eigenvalue weighted by molar-refractivity contribution is -0.153. The summed E-state index contributed by atoms with van der Waals surface area (Å²) in [5.41, 5.74) is 0.546. The van der Waals surface area contributed by atoms with Gasteiger partial charge in [0.2, 0.25) is 0 Å². The molecule has 158 valence electrons. The van der Waals surface area contributed by atoms with Crippen LogP contribution in [0.2, 0.25) is 0 Å². The van der Waals surface area contributed by atoms with Crippen molar-refractivity contribution < 1.29 is 23.9 Å². The fraction of sp³-hybridized carbons (Fsp3) is 0.545. The van der Waals surface area contributed by atoms with Crippen molar-refractivity contribution in [2.45, 2.75) is 65.5 Å². The molecular formula is C22H30N2O5. The number of carbonyl (C=O) groups is 4. The summed E-state index contributed by atoms with van der Waals surface area (Å²) in [5, 5.41) is 2.80. The van der Waals surface area contributed by atoms with Gasteiger partial charge in [-0.2, -0.15) is 0 Å². The summed E-state index contributed by atoms with van der Waals surface area (Å²) in [5.74, 6) is -2.55. The fourth-order valence-corrected chi connectivity index (χ4v) is 3.45. The van der Waals surface area contributed by atoms with E-state index in [4.69, 9.17) is 4.74 Å². The number of amides is 3. The van der Waals surface area contributed by atoms with E-state index in [0.717, 1.165) is 30.6 Å². The maximum absolute atomic E-state index is 12.7. The fourth-order valence-electron chi connectivity index (χ4n) is 3.45. The SMILES string of the molecule is CCCCC[C@@H](C)NC(=O)COC(=O)[C@@H](C(C)C)N1C(=O)c2ccccc2C1=O. The van der Waals surface area contributed by atoms with Crippen molar-refractivity contribution in [1.29, 1.82) is 0 Å². The molecule has 2 atom stereocenters. The second kappa shape index (κ2) is 10.2. The predicted octanol–water partition coefficient (Wildman–Crippen LogP) is 2.94. The number of rotatable bonds is 10. The van der Waals surface area contributed by atoms with Gasteiger partial charge < -0.3 is 10.1 Å². The van der Waals surface area contributed by atoms with Crippen LogP contribution < -0.4 is 5.32 Å². The van der Waals surface area contributed by atoms with Crippen molar-refractivity contribution in [3.63, 3.8) is 0 Å². The molecular weight excluding hydrogens is 372 g/mol. The average Bonchev–Trinajstić information content (AvgIpc) is 2.92. The van der Waals surface area contributed by atoms with Gasteiger partial charge in [0.05, 0.1) is 11.1 Å². The molecule has 1 aliphatic heterocycles. The van der Waals surface area contributed by atoms with Crippen molar-refractivity contribution in [1.82, 2.24) is 10.2 Å². The first kappa shape index (κ1) is 22.6. The largest absolute Gasteiger partial charge is 0.454 e. The first-order chi connectivity index (χ1) is 13.8. The third kappa shape index (κ3) is 5.43. The van der Waals surface area contributed by atoms with Crippen LogP contribution >= 0.6 is 0 Å². The van der Waals surface area contributed by atoms with E-state index in [1.54, 1.807) is 38.1 Å². The molecule has 1 aliphatic rings. The molecule has 29 heavy (non-hydrogen) atoms. The number of imide groups is 1. The number of nitrogens with zero attached hydrogens (tertiary/aromatic N) is 1. The van der Waals surface area contributed by atoms with E-state index in [0.29, 0.717) is 0 Å².